The molecule has 4 nitrogen and oxygen atoms in total. The van der Waals surface area contributed by atoms with Crippen molar-refractivity contribution in [2.24, 2.45) is 0 Å². The Balaban J connectivity index is 2.35. The van der Waals surface area contributed by atoms with Crippen LogP contribution in [0.4, 0.5) is 5.69 Å². The number of ether oxygens (including phenoxy) is 1. The van der Waals surface area contributed by atoms with E-state index in [1.54, 1.807) is 13.2 Å². The van der Waals surface area contributed by atoms with Crippen molar-refractivity contribution >= 4 is 11.5 Å². The molecular formula is C13H14N2O2. The van der Waals surface area contributed by atoms with Crippen molar-refractivity contribution in [3.63, 3.8) is 0 Å². The molecule has 1 heterocycles. The fourth-order valence-electron chi connectivity index (χ4n) is 2.11. The van der Waals surface area contributed by atoms with E-state index >= 15 is 0 Å². The summed E-state index contributed by atoms with van der Waals surface area (Å²) in [6.45, 7) is 2.63. The molecule has 0 aliphatic carbocycles. The van der Waals surface area contributed by atoms with Crippen LogP contribution >= 0.6 is 0 Å². The first-order valence-corrected chi connectivity index (χ1v) is 5.55. The fraction of sp³-hybridized carbons (Fsp3) is 0.385. The smallest absolute Gasteiger partial charge is 0.156 e. The molecular weight excluding hydrogens is 216 g/mol. The minimum atomic E-state index is -0.0901. The highest BCUT2D eigenvalue weighted by Crippen LogP contribution is 2.29. The first-order chi connectivity index (χ1) is 8.17. The molecule has 1 atom stereocenters. The highest BCUT2D eigenvalue weighted by Gasteiger charge is 2.28. The van der Waals surface area contributed by atoms with Gasteiger partial charge in [-0.2, -0.15) is 5.26 Å². The van der Waals surface area contributed by atoms with E-state index in [1.807, 2.05) is 24.0 Å². The molecule has 1 aromatic rings. The van der Waals surface area contributed by atoms with E-state index < -0.39 is 0 Å². The largest absolute Gasteiger partial charge is 0.495 e. The summed E-state index contributed by atoms with van der Waals surface area (Å²) in [6, 6.07) is 7.38. The minimum Gasteiger partial charge on any atom is -0.495 e. The lowest BCUT2D eigenvalue weighted by Crippen LogP contribution is -2.29. The van der Waals surface area contributed by atoms with Crippen molar-refractivity contribution < 1.29 is 9.53 Å². The van der Waals surface area contributed by atoms with Crippen LogP contribution in [0.15, 0.2) is 18.2 Å². The molecule has 0 amide bonds. The number of nitriles is 1. The standard InChI is InChI=1S/C13H14N2O2/c1-9-12(16)5-6-15(9)11-4-3-10(8-14)13(7-11)17-2/h3-4,7,9H,5-6H2,1-2H3/t9-/m0/s1. The first kappa shape index (κ1) is 11.5. The maximum absolute atomic E-state index is 11.5. The van der Waals surface area contributed by atoms with Crippen LogP contribution in [0.5, 0.6) is 5.75 Å². The average Bonchev–Trinajstić information content (AvgIpc) is 2.69. The van der Waals surface area contributed by atoms with Crippen LogP contribution in [-0.2, 0) is 4.79 Å². The summed E-state index contributed by atoms with van der Waals surface area (Å²) >= 11 is 0. The number of ketones is 1. The van der Waals surface area contributed by atoms with Crippen molar-refractivity contribution in [3.8, 4) is 11.8 Å². The Morgan fingerprint density at radius 2 is 2.29 bits per heavy atom. The van der Waals surface area contributed by atoms with Crippen LogP contribution in [0.3, 0.4) is 0 Å². The number of hydrogen-bond acceptors (Lipinski definition) is 4. The molecule has 0 bridgehead atoms. The summed E-state index contributed by atoms with van der Waals surface area (Å²) in [7, 11) is 1.54. The molecule has 1 aliphatic rings. The molecule has 0 radical (unpaired) electrons. The Hall–Kier alpha value is -2.02. The Morgan fingerprint density at radius 1 is 1.53 bits per heavy atom. The molecule has 1 aliphatic heterocycles. The molecule has 0 spiro atoms. The Labute approximate surface area is 100 Å². The summed E-state index contributed by atoms with van der Waals surface area (Å²) in [5.74, 6) is 0.810. The molecule has 0 saturated carbocycles. The van der Waals surface area contributed by atoms with Gasteiger partial charge >= 0.3 is 0 Å². The van der Waals surface area contributed by atoms with Gasteiger partial charge in [0.2, 0.25) is 0 Å². The monoisotopic (exact) mass is 230 g/mol. The zero-order valence-corrected chi connectivity index (χ0v) is 9.93. The van der Waals surface area contributed by atoms with Gasteiger partial charge in [-0.15, -0.1) is 0 Å². The first-order valence-electron chi connectivity index (χ1n) is 5.55. The predicted octanol–water partition coefficient (Wildman–Crippen LogP) is 1.73. The third kappa shape index (κ3) is 1.96. The zero-order valence-electron chi connectivity index (χ0n) is 9.93. The van der Waals surface area contributed by atoms with Gasteiger partial charge in [-0.3, -0.25) is 4.79 Å². The number of hydrogen-bond donors (Lipinski definition) is 0. The van der Waals surface area contributed by atoms with Gasteiger partial charge < -0.3 is 9.64 Å². The van der Waals surface area contributed by atoms with Crippen molar-refractivity contribution in [3.05, 3.63) is 23.8 Å². The van der Waals surface area contributed by atoms with E-state index in [9.17, 15) is 4.79 Å². The lowest BCUT2D eigenvalue weighted by molar-refractivity contribution is -0.118. The molecule has 0 aromatic heterocycles. The number of rotatable bonds is 2. The number of Topliss-reactive ketones (excluding diaryl/α,β-unsaturated/α-hetero) is 1. The second kappa shape index (κ2) is 4.46. The van der Waals surface area contributed by atoms with Gasteiger partial charge in [-0.25, -0.2) is 0 Å². The summed E-state index contributed by atoms with van der Waals surface area (Å²) < 4.78 is 5.16. The topological polar surface area (TPSA) is 53.3 Å². The van der Waals surface area contributed by atoms with Gasteiger partial charge in [-0.1, -0.05) is 0 Å². The fourth-order valence-corrected chi connectivity index (χ4v) is 2.11. The van der Waals surface area contributed by atoms with Gasteiger partial charge in [0.15, 0.2) is 5.78 Å². The Bertz CT molecular complexity index is 491. The maximum atomic E-state index is 11.5. The predicted molar refractivity (Wildman–Crippen MR) is 64.1 cm³/mol. The number of nitrogens with zero attached hydrogens (tertiary/aromatic N) is 2. The molecule has 1 aromatic carbocycles. The Kier molecular flexibility index (Phi) is 3.01. The molecule has 0 unspecified atom stereocenters. The van der Waals surface area contributed by atoms with Gasteiger partial charge in [0.25, 0.3) is 0 Å². The third-order valence-electron chi connectivity index (χ3n) is 3.17. The van der Waals surface area contributed by atoms with Gasteiger partial charge in [0.05, 0.1) is 18.7 Å². The van der Waals surface area contributed by atoms with Crippen molar-refractivity contribution in [2.45, 2.75) is 19.4 Å². The van der Waals surface area contributed by atoms with Crippen molar-refractivity contribution in [1.82, 2.24) is 0 Å². The molecule has 2 rings (SSSR count). The Morgan fingerprint density at radius 3 is 2.82 bits per heavy atom. The molecule has 17 heavy (non-hydrogen) atoms. The van der Waals surface area contributed by atoms with E-state index in [0.29, 0.717) is 17.7 Å². The van der Waals surface area contributed by atoms with Gasteiger partial charge in [0.1, 0.15) is 11.8 Å². The minimum absolute atomic E-state index is 0.0901. The number of carbonyl (C=O) groups excluding carboxylic acids is 1. The maximum Gasteiger partial charge on any atom is 0.156 e. The second-order valence-electron chi connectivity index (χ2n) is 4.08. The lowest BCUT2D eigenvalue weighted by Gasteiger charge is -2.23. The molecule has 4 heteroatoms. The van der Waals surface area contributed by atoms with E-state index in [2.05, 4.69) is 6.07 Å². The number of benzene rings is 1. The quantitative estimate of drug-likeness (QED) is 0.776. The lowest BCUT2D eigenvalue weighted by atomic mass is 10.1. The van der Waals surface area contributed by atoms with Crippen molar-refractivity contribution in [1.29, 1.82) is 5.26 Å². The van der Waals surface area contributed by atoms with E-state index in [0.717, 1.165) is 12.2 Å². The highest BCUT2D eigenvalue weighted by molar-refractivity contribution is 5.90. The second-order valence-corrected chi connectivity index (χ2v) is 4.08. The highest BCUT2D eigenvalue weighted by atomic mass is 16.5. The molecule has 1 fully saturated rings. The van der Waals surface area contributed by atoms with E-state index in [-0.39, 0.29) is 11.8 Å². The number of carbonyl (C=O) groups is 1. The van der Waals surface area contributed by atoms with Crippen LogP contribution in [0.25, 0.3) is 0 Å². The van der Waals surface area contributed by atoms with Crippen LogP contribution in [0.2, 0.25) is 0 Å². The van der Waals surface area contributed by atoms with Crippen molar-refractivity contribution in [2.75, 3.05) is 18.6 Å². The van der Waals surface area contributed by atoms with Crippen LogP contribution in [0.1, 0.15) is 18.9 Å². The summed E-state index contributed by atoms with van der Waals surface area (Å²) in [5, 5.41) is 8.90. The van der Waals surface area contributed by atoms with Gasteiger partial charge in [-0.05, 0) is 19.1 Å². The number of methoxy groups -OCH3 is 1. The SMILES string of the molecule is COc1cc(N2CCC(=O)[C@@H]2C)ccc1C#N. The van der Waals surface area contributed by atoms with Gasteiger partial charge in [0, 0.05) is 24.7 Å². The summed E-state index contributed by atoms with van der Waals surface area (Å²) in [5.41, 5.74) is 1.44. The van der Waals surface area contributed by atoms with Crippen LogP contribution in [0, 0.1) is 11.3 Å². The van der Waals surface area contributed by atoms with E-state index in [1.165, 1.54) is 0 Å². The third-order valence-corrected chi connectivity index (χ3v) is 3.17. The average molecular weight is 230 g/mol. The molecule has 0 N–H and O–H groups in total. The molecule has 88 valence electrons. The molecule has 1 saturated heterocycles. The summed E-state index contributed by atoms with van der Waals surface area (Å²) in [4.78, 5) is 13.5. The zero-order chi connectivity index (χ0) is 12.4. The van der Waals surface area contributed by atoms with Crippen LogP contribution in [-0.4, -0.2) is 25.5 Å². The number of anilines is 1. The van der Waals surface area contributed by atoms with E-state index in [4.69, 9.17) is 10.00 Å². The van der Waals surface area contributed by atoms with Crippen LogP contribution < -0.4 is 9.64 Å². The normalized spacial score (nSPS) is 19.2. The summed E-state index contributed by atoms with van der Waals surface area (Å²) in [6.07, 6.45) is 0.587.